The van der Waals surface area contributed by atoms with Gasteiger partial charge in [-0.3, -0.25) is 14.3 Å². The molecule has 0 fully saturated rings. The van der Waals surface area contributed by atoms with Gasteiger partial charge in [0.1, 0.15) is 5.69 Å². The summed E-state index contributed by atoms with van der Waals surface area (Å²) in [6.07, 6.45) is -1.07. The fourth-order valence-corrected chi connectivity index (χ4v) is 3.70. The van der Waals surface area contributed by atoms with Crippen LogP contribution >= 0.6 is 11.6 Å². The van der Waals surface area contributed by atoms with E-state index in [1.54, 1.807) is 48.0 Å². The highest BCUT2D eigenvalue weighted by Gasteiger charge is 2.19. The largest absolute Gasteiger partial charge is 0.439 e. The Bertz CT molecular complexity index is 1460. The predicted octanol–water partition coefficient (Wildman–Crippen LogP) is 1.90. The summed E-state index contributed by atoms with van der Waals surface area (Å²) >= 11 is 6.08. The fourth-order valence-electron chi connectivity index (χ4n) is 3.53. The van der Waals surface area contributed by atoms with Gasteiger partial charge in [-0.1, -0.05) is 28.9 Å². The zero-order chi connectivity index (χ0) is 25.1. The molecule has 3 amide bonds. The molecular formula is C22H21ClN6O6. The van der Waals surface area contributed by atoms with Crippen molar-refractivity contribution >= 4 is 45.8 Å². The van der Waals surface area contributed by atoms with E-state index in [0.717, 1.165) is 0 Å². The van der Waals surface area contributed by atoms with Crippen molar-refractivity contribution in [1.29, 1.82) is 0 Å². The number of aromatic amines is 1. The number of para-hydroxylation sites is 1. The summed E-state index contributed by atoms with van der Waals surface area (Å²) in [6, 6.07) is 10.9. The normalized spacial score (nSPS) is 11.9. The molecule has 0 aliphatic carbocycles. The van der Waals surface area contributed by atoms with Gasteiger partial charge in [-0.2, -0.15) is 0 Å². The number of nitrogens with zero attached hydrogens (tertiary/aromatic N) is 2. The number of amides is 3. The molecule has 0 aliphatic heterocycles. The lowest BCUT2D eigenvalue weighted by Crippen LogP contribution is -2.36. The Balaban J connectivity index is 1.61. The van der Waals surface area contributed by atoms with Crippen molar-refractivity contribution < 1.29 is 24.3 Å². The summed E-state index contributed by atoms with van der Waals surface area (Å²) < 4.78 is 6.18. The van der Waals surface area contributed by atoms with Crippen LogP contribution in [0.4, 0.5) is 16.2 Å². The first-order valence-corrected chi connectivity index (χ1v) is 10.7. The van der Waals surface area contributed by atoms with Crippen molar-refractivity contribution in [2.75, 3.05) is 23.8 Å². The fraction of sp³-hybridized carbons (Fsp3) is 0.182. The van der Waals surface area contributed by atoms with Gasteiger partial charge in [0.2, 0.25) is 0 Å². The van der Waals surface area contributed by atoms with Gasteiger partial charge < -0.3 is 30.7 Å². The Hall–Kier alpha value is -4.13. The summed E-state index contributed by atoms with van der Waals surface area (Å²) in [5.74, 6) is -1.10. The second-order valence-corrected chi connectivity index (χ2v) is 8.03. The molecule has 0 radical (unpaired) electrons. The number of nitrogens with one attached hydrogen (secondary N) is 4. The molecule has 2 aromatic carbocycles. The number of benzene rings is 2. The van der Waals surface area contributed by atoms with E-state index in [2.05, 4.69) is 30.6 Å². The zero-order valence-electron chi connectivity index (χ0n) is 18.3. The van der Waals surface area contributed by atoms with Crippen LogP contribution in [0.2, 0.25) is 5.02 Å². The third-order valence-corrected chi connectivity index (χ3v) is 5.41. The van der Waals surface area contributed by atoms with Gasteiger partial charge >= 0.3 is 11.8 Å². The van der Waals surface area contributed by atoms with Crippen molar-refractivity contribution in [3.8, 4) is 11.4 Å². The molecule has 0 aliphatic rings. The quantitative estimate of drug-likeness (QED) is 0.224. The average Bonchev–Trinajstić information content (AvgIpc) is 3.42. The maximum atomic E-state index is 13.2. The molecule has 1 atom stereocenters. The van der Waals surface area contributed by atoms with Crippen LogP contribution in [0.1, 0.15) is 10.5 Å². The number of fused-ring (bicyclic) bond motifs is 1. The third-order valence-electron chi connectivity index (χ3n) is 5.17. The molecule has 0 spiro atoms. The second-order valence-electron chi connectivity index (χ2n) is 7.59. The Labute approximate surface area is 202 Å². The van der Waals surface area contributed by atoms with Crippen LogP contribution in [-0.2, 0) is 7.05 Å². The summed E-state index contributed by atoms with van der Waals surface area (Å²) in [5, 5.41) is 30.9. The number of rotatable bonds is 7. The van der Waals surface area contributed by atoms with Gasteiger partial charge in [-0.05, 0) is 30.3 Å². The molecule has 4 rings (SSSR count). The lowest BCUT2D eigenvalue weighted by Gasteiger charge is -2.13. The van der Waals surface area contributed by atoms with Crippen molar-refractivity contribution in [1.82, 2.24) is 20.0 Å². The van der Waals surface area contributed by atoms with E-state index in [0.29, 0.717) is 38.6 Å². The van der Waals surface area contributed by atoms with E-state index in [1.807, 2.05) is 0 Å². The topological polar surface area (TPSA) is 175 Å². The van der Waals surface area contributed by atoms with Gasteiger partial charge in [0.05, 0.1) is 29.6 Å². The zero-order valence-corrected chi connectivity index (χ0v) is 19.1. The molecule has 35 heavy (non-hydrogen) atoms. The van der Waals surface area contributed by atoms with Crippen molar-refractivity contribution in [3.05, 3.63) is 63.7 Å². The molecular weight excluding hydrogens is 480 g/mol. The number of halogens is 1. The van der Waals surface area contributed by atoms with Crippen molar-refractivity contribution in [3.63, 3.8) is 0 Å². The Kier molecular flexibility index (Phi) is 6.87. The molecule has 2 heterocycles. The number of anilines is 2. The first-order chi connectivity index (χ1) is 16.8. The minimum atomic E-state index is -1.07. The molecule has 1 unspecified atom stereocenters. The van der Waals surface area contributed by atoms with Crippen LogP contribution in [0.3, 0.4) is 0 Å². The van der Waals surface area contributed by atoms with Gasteiger partial charge in [-0.25, -0.2) is 9.59 Å². The van der Waals surface area contributed by atoms with Crippen LogP contribution in [0.15, 0.2) is 51.8 Å². The van der Waals surface area contributed by atoms with Gasteiger partial charge in [0.15, 0.2) is 5.82 Å². The number of hydrogen-bond acceptors (Lipinski definition) is 7. The summed E-state index contributed by atoms with van der Waals surface area (Å²) in [7, 11) is 1.67. The van der Waals surface area contributed by atoms with Crippen LogP contribution in [-0.4, -0.2) is 56.1 Å². The lowest BCUT2D eigenvalue weighted by molar-refractivity contribution is 0.0965. The second kappa shape index (κ2) is 10.0. The maximum Gasteiger partial charge on any atom is 0.439 e. The molecule has 0 saturated heterocycles. The monoisotopic (exact) mass is 500 g/mol. The van der Waals surface area contributed by atoms with Crippen LogP contribution in [0.25, 0.3) is 22.3 Å². The molecule has 12 nitrogen and oxygen atoms in total. The number of aryl methyl sites for hydroxylation is 1. The smallest absolute Gasteiger partial charge is 0.394 e. The number of hydrogen-bond donors (Lipinski definition) is 6. The summed E-state index contributed by atoms with van der Waals surface area (Å²) in [5.41, 5.74) is 2.02. The van der Waals surface area contributed by atoms with E-state index in [-0.39, 0.29) is 12.4 Å². The van der Waals surface area contributed by atoms with E-state index in [4.69, 9.17) is 16.7 Å². The van der Waals surface area contributed by atoms with Crippen molar-refractivity contribution in [2.45, 2.75) is 6.10 Å². The maximum absolute atomic E-state index is 13.2. The summed E-state index contributed by atoms with van der Waals surface area (Å²) in [4.78, 5) is 39.2. The molecule has 6 N–H and O–H groups in total. The highest BCUT2D eigenvalue weighted by atomic mass is 35.5. The first-order valence-electron chi connectivity index (χ1n) is 10.4. The van der Waals surface area contributed by atoms with E-state index < -0.39 is 30.4 Å². The molecule has 13 heteroatoms. The SMILES string of the molecule is Cn1c(C(=O)Nc2ccc(Cl)cc2-c2noc(=O)[nH]2)cc2cccc(NC(=O)NCC(O)CO)c21. The number of H-pyrrole nitrogens is 1. The Morgan fingerprint density at radius 1 is 1.20 bits per heavy atom. The number of aliphatic hydroxyl groups excluding tert-OH is 2. The van der Waals surface area contributed by atoms with Gasteiger partial charge in [-0.15, -0.1) is 0 Å². The first kappa shape index (κ1) is 24.0. The highest BCUT2D eigenvalue weighted by molar-refractivity contribution is 6.31. The molecule has 0 saturated carbocycles. The number of aromatic nitrogens is 3. The third kappa shape index (κ3) is 5.19. The van der Waals surface area contributed by atoms with Crippen LogP contribution in [0, 0.1) is 0 Å². The highest BCUT2D eigenvalue weighted by Crippen LogP contribution is 2.30. The number of carbonyl (C=O) groups excluding carboxylic acids is 2. The molecule has 4 aromatic rings. The van der Waals surface area contributed by atoms with Gasteiger partial charge in [0, 0.05) is 29.6 Å². The van der Waals surface area contributed by atoms with Crippen molar-refractivity contribution in [2.24, 2.45) is 7.05 Å². The average molecular weight is 501 g/mol. The Morgan fingerprint density at radius 3 is 2.71 bits per heavy atom. The van der Waals surface area contributed by atoms with Gasteiger partial charge in [0.25, 0.3) is 5.91 Å². The minimum Gasteiger partial charge on any atom is -0.394 e. The molecule has 182 valence electrons. The lowest BCUT2D eigenvalue weighted by atomic mass is 10.1. The standard InChI is InChI=1S/C22H21ClN6O6/c1-29-17(7-11-3-2-4-16(18(11)29)26-21(33)24-9-13(31)10-30)20(32)25-15-6-5-12(23)8-14(15)19-27-22(34)35-28-19/h2-8,13,30-31H,9-10H2,1H3,(H,25,32)(H2,24,26,33)(H,27,28,34). The number of aliphatic hydroxyl groups is 2. The van der Waals surface area contributed by atoms with E-state index >= 15 is 0 Å². The molecule has 2 aromatic heterocycles. The number of urea groups is 1. The number of carbonyl (C=O) groups is 2. The Morgan fingerprint density at radius 2 is 2.00 bits per heavy atom. The van der Waals surface area contributed by atoms with Crippen LogP contribution in [0.5, 0.6) is 0 Å². The molecule has 0 bridgehead atoms. The van der Waals surface area contributed by atoms with Crippen LogP contribution < -0.4 is 21.7 Å². The van der Waals surface area contributed by atoms with E-state index in [1.165, 1.54) is 6.07 Å². The minimum absolute atomic E-state index is 0.105. The van der Waals surface area contributed by atoms with E-state index in [9.17, 15) is 19.5 Å². The predicted molar refractivity (Wildman–Crippen MR) is 129 cm³/mol. The summed E-state index contributed by atoms with van der Waals surface area (Å²) in [6.45, 7) is -0.604.